The van der Waals surface area contributed by atoms with E-state index in [1.165, 1.54) is 5.56 Å². The Morgan fingerprint density at radius 2 is 1.79 bits per heavy atom. The molecule has 2 unspecified atom stereocenters. The van der Waals surface area contributed by atoms with Gasteiger partial charge in [0.15, 0.2) is 0 Å². The monoisotopic (exact) mass is 265 g/mol. The molecule has 3 heteroatoms. The van der Waals surface area contributed by atoms with Crippen molar-refractivity contribution in [3.05, 3.63) is 29.8 Å². The number of rotatable bonds is 6. The van der Waals surface area contributed by atoms with E-state index >= 15 is 0 Å². The third-order valence-electron chi connectivity index (χ3n) is 3.42. The summed E-state index contributed by atoms with van der Waals surface area (Å²) in [7, 11) is 0. The molecule has 0 amide bonds. The minimum Gasteiger partial charge on any atom is -0.491 e. The quantitative estimate of drug-likeness (QED) is 0.831. The summed E-state index contributed by atoms with van der Waals surface area (Å²) in [5.74, 6) is 0.800. The van der Waals surface area contributed by atoms with Gasteiger partial charge in [0.25, 0.3) is 0 Å². The average molecular weight is 265 g/mol. The van der Waals surface area contributed by atoms with Crippen LogP contribution in [-0.2, 0) is 0 Å². The Balaban J connectivity index is 2.28. The number of aliphatic hydroxyl groups is 1. The number of aliphatic hydroxyl groups excluding tert-OH is 1. The zero-order chi connectivity index (χ0) is 14.5. The molecule has 2 N–H and O–H groups in total. The third-order valence-corrected chi connectivity index (χ3v) is 3.42. The zero-order valence-corrected chi connectivity index (χ0v) is 12.7. The molecule has 0 aliphatic rings. The molecular formula is C16H27NO2. The van der Waals surface area contributed by atoms with Crippen molar-refractivity contribution in [2.45, 2.75) is 46.8 Å². The van der Waals surface area contributed by atoms with Gasteiger partial charge in [-0.05, 0) is 31.4 Å². The van der Waals surface area contributed by atoms with Gasteiger partial charge in [-0.1, -0.05) is 38.5 Å². The molecule has 0 radical (unpaired) electrons. The van der Waals surface area contributed by atoms with Gasteiger partial charge in [-0.2, -0.15) is 0 Å². The van der Waals surface area contributed by atoms with E-state index in [0.717, 1.165) is 5.75 Å². The fourth-order valence-electron chi connectivity index (χ4n) is 1.50. The SMILES string of the molecule is Cc1ccc(OCC(O)CNC(C)C(C)(C)C)cc1. The molecule has 1 aromatic carbocycles. The lowest BCUT2D eigenvalue weighted by Gasteiger charge is -2.29. The van der Waals surface area contributed by atoms with E-state index in [4.69, 9.17) is 4.74 Å². The lowest BCUT2D eigenvalue weighted by atomic mass is 9.88. The van der Waals surface area contributed by atoms with Crippen molar-refractivity contribution in [2.75, 3.05) is 13.2 Å². The first-order valence-corrected chi connectivity index (χ1v) is 6.90. The Morgan fingerprint density at radius 3 is 2.32 bits per heavy atom. The molecule has 0 aromatic heterocycles. The van der Waals surface area contributed by atoms with Crippen LogP contribution in [0.5, 0.6) is 5.75 Å². The van der Waals surface area contributed by atoms with Crippen LogP contribution < -0.4 is 10.1 Å². The molecule has 108 valence electrons. The fraction of sp³-hybridized carbons (Fsp3) is 0.625. The number of nitrogens with one attached hydrogen (secondary N) is 1. The summed E-state index contributed by atoms with van der Waals surface area (Å²) in [5.41, 5.74) is 1.39. The Kier molecular flexibility index (Phi) is 5.83. The van der Waals surface area contributed by atoms with Crippen LogP contribution in [-0.4, -0.2) is 30.4 Å². The second-order valence-corrected chi connectivity index (χ2v) is 6.27. The van der Waals surface area contributed by atoms with Crippen LogP contribution in [0.3, 0.4) is 0 Å². The highest BCUT2D eigenvalue weighted by molar-refractivity contribution is 5.26. The van der Waals surface area contributed by atoms with Gasteiger partial charge in [-0.15, -0.1) is 0 Å². The molecule has 2 atom stereocenters. The van der Waals surface area contributed by atoms with E-state index in [2.05, 4.69) is 33.0 Å². The largest absolute Gasteiger partial charge is 0.491 e. The number of hydrogen-bond acceptors (Lipinski definition) is 3. The first kappa shape index (κ1) is 16.0. The Morgan fingerprint density at radius 1 is 1.21 bits per heavy atom. The third kappa shape index (κ3) is 6.08. The molecule has 0 bridgehead atoms. The second-order valence-electron chi connectivity index (χ2n) is 6.27. The van der Waals surface area contributed by atoms with E-state index in [9.17, 15) is 5.11 Å². The molecule has 0 aliphatic heterocycles. The lowest BCUT2D eigenvalue weighted by Crippen LogP contribution is -2.42. The van der Waals surface area contributed by atoms with Crippen LogP contribution in [0.1, 0.15) is 33.3 Å². The molecule has 19 heavy (non-hydrogen) atoms. The maximum absolute atomic E-state index is 9.89. The summed E-state index contributed by atoms with van der Waals surface area (Å²) < 4.78 is 5.55. The van der Waals surface area contributed by atoms with Gasteiger partial charge in [0.2, 0.25) is 0 Å². The van der Waals surface area contributed by atoms with Crippen molar-refractivity contribution in [1.82, 2.24) is 5.32 Å². The normalized spacial score (nSPS) is 15.1. The van der Waals surface area contributed by atoms with Crippen LogP contribution in [0.2, 0.25) is 0 Å². The molecule has 0 fully saturated rings. The first-order valence-electron chi connectivity index (χ1n) is 6.90. The summed E-state index contributed by atoms with van der Waals surface area (Å²) in [4.78, 5) is 0. The Labute approximate surface area is 117 Å². The van der Waals surface area contributed by atoms with E-state index in [-0.39, 0.29) is 5.41 Å². The van der Waals surface area contributed by atoms with Crippen LogP contribution in [0.4, 0.5) is 0 Å². The second kappa shape index (κ2) is 6.92. The topological polar surface area (TPSA) is 41.5 Å². The summed E-state index contributed by atoms with van der Waals surface area (Å²) in [6.07, 6.45) is -0.494. The molecule has 0 aliphatic carbocycles. The number of aryl methyl sites for hydroxylation is 1. The summed E-state index contributed by atoms with van der Waals surface area (Å²) >= 11 is 0. The van der Waals surface area contributed by atoms with Gasteiger partial charge >= 0.3 is 0 Å². The Bertz CT molecular complexity index is 367. The Hall–Kier alpha value is -1.06. The maximum atomic E-state index is 9.89. The van der Waals surface area contributed by atoms with Gasteiger partial charge in [0, 0.05) is 12.6 Å². The molecule has 0 spiro atoms. The molecule has 1 aromatic rings. The van der Waals surface area contributed by atoms with E-state index < -0.39 is 6.10 Å². The number of hydrogen-bond donors (Lipinski definition) is 2. The summed E-state index contributed by atoms with van der Waals surface area (Å²) in [6, 6.07) is 8.20. The minimum absolute atomic E-state index is 0.192. The van der Waals surface area contributed by atoms with Crippen molar-refractivity contribution in [2.24, 2.45) is 5.41 Å². The highest BCUT2D eigenvalue weighted by atomic mass is 16.5. The average Bonchev–Trinajstić information content (AvgIpc) is 2.34. The van der Waals surface area contributed by atoms with Crippen LogP contribution in [0, 0.1) is 12.3 Å². The van der Waals surface area contributed by atoms with Crippen molar-refractivity contribution in [1.29, 1.82) is 0 Å². The van der Waals surface area contributed by atoms with Gasteiger partial charge < -0.3 is 15.2 Å². The first-order chi connectivity index (χ1) is 8.79. The summed E-state index contributed by atoms with van der Waals surface area (Å²) in [6.45, 7) is 11.6. The minimum atomic E-state index is -0.494. The molecule has 1 rings (SSSR count). The van der Waals surface area contributed by atoms with Crippen molar-refractivity contribution in [3.8, 4) is 5.75 Å². The predicted molar refractivity (Wildman–Crippen MR) is 79.6 cm³/mol. The van der Waals surface area contributed by atoms with E-state index in [0.29, 0.717) is 19.2 Å². The number of benzene rings is 1. The van der Waals surface area contributed by atoms with E-state index in [1.807, 2.05) is 31.2 Å². The maximum Gasteiger partial charge on any atom is 0.119 e. The predicted octanol–water partition coefficient (Wildman–Crippen LogP) is 2.76. The van der Waals surface area contributed by atoms with Gasteiger partial charge in [-0.25, -0.2) is 0 Å². The van der Waals surface area contributed by atoms with Crippen LogP contribution in [0.15, 0.2) is 24.3 Å². The molecule has 3 nitrogen and oxygen atoms in total. The molecule has 0 saturated carbocycles. The lowest BCUT2D eigenvalue weighted by molar-refractivity contribution is 0.0986. The zero-order valence-electron chi connectivity index (χ0n) is 12.7. The van der Waals surface area contributed by atoms with Crippen molar-refractivity contribution < 1.29 is 9.84 Å². The van der Waals surface area contributed by atoms with Crippen molar-refractivity contribution >= 4 is 0 Å². The van der Waals surface area contributed by atoms with Gasteiger partial charge in [-0.3, -0.25) is 0 Å². The standard InChI is InChI=1S/C16H27NO2/c1-12-6-8-15(9-7-12)19-11-14(18)10-17-13(2)16(3,4)5/h6-9,13-14,17-18H,10-11H2,1-5H3. The summed E-state index contributed by atoms with van der Waals surface area (Å²) in [5, 5.41) is 13.2. The van der Waals surface area contributed by atoms with Gasteiger partial charge in [0.1, 0.15) is 18.5 Å². The van der Waals surface area contributed by atoms with Crippen molar-refractivity contribution in [3.63, 3.8) is 0 Å². The highest BCUT2D eigenvalue weighted by Gasteiger charge is 2.20. The molecule has 0 heterocycles. The molecule has 0 saturated heterocycles. The van der Waals surface area contributed by atoms with E-state index in [1.54, 1.807) is 0 Å². The van der Waals surface area contributed by atoms with Crippen LogP contribution >= 0.6 is 0 Å². The van der Waals surface area contributed by atoms with Gasteiger partial charge in [0.05, 0.1) is 0 Å². The smallest absolute Gasteiger partial charge is 0.119 e. The molecular weight excluding hydrogens is 238 g/mol. The fourth-order valence-corrected chi connectivity index (χ4v) is 1.50. The number of ether oxygens (including phenoxy) is 1. The highest BCUT2D eigenvalue weighted by Crippen LogP contribution is 2.18. The van der Waals surface area contributed by atoms with Crippen LogP contribution in [0.25, 0.3) is 0 Å².